The number of nitrogens with one attached hydrogen (secondary N) is 1. The van der Waals surface area contributed by atoms with E-state index in [2.05, 4.69) is 27.0 Å². The molecule has 23 heavy (non-hydrogen) atoms. The molecule has 0 aliphatic heterocycles. The zero-order chi connectivity index (χ0) is 17.0. The predicted octanol–water partition coefficient (Wildman–Crippen LogP) is 2.84. The Kier molecular flexibility index (Phi) is 5.53. The number of ether oxygens (including phenoxy) is 3. The second-order valence-corrected chi connectivity index (χ2v) is 5.49. The SMILES string of the molecule is COc1ccc(-c2c(CCN)[nH]c(C#N)c2Br)c(OC)c1OC. The van der Waals surface area contributed by atoms with Crippen LogP contribution in [-0.2, 0) is 6.42 Å². The number of nitriles is 1. The molecule has 2 aromatic rings. The number of hydrogen-bond donors (Lipinski definition) is 2. The fourth-order valence-corrected chi connectivity index (χ4v) is 3.15. The van der Waals surface area contributed by atoms with Crippen molar-refractivity contribution in [3.05, 3.63) is 28.0 Å². The summed E-state index contributed by atoms with van der Waals surface area (Å²) in [5.41, 5.74) is 8.62. The van der Waals surface area contributed by atoms with Crippen molar-refractivity contribution in [2.24, 2.45) is 5.73 Å². The maximum absolute atomic E-state index is 9.26. The van der Waals surface area contributed by atoms with Crippen LogP contribution >= 0.6 is 15.9 Å². The molecule has 2 rings (SSSR count). The summed E-state index contributed by atoms with van der Waals surface area (Å²) in [7, 11) is 4.68. The van der Waals surface area contributed by atoms with E-state index < -0.39 is 0 Å². The van der Waals surface area contributed by atoms with Gasteiger partial charge in [0.05, 0.1) is 25.8 Å². The van der Waals surface area contributed by atoms with E-state index in [1.165, 1.54) is 0 Å². The quantitative estimate of drug-likeness (QED) is 0.804. The molecule has 1 aromatic heterocycles. The lowest BCUT2D eigenvalue weighted by atomic mass is 10.0. The van der Waals surface area contributed by atoms with E-state index in [4.69, 9.17) is 19.9 Å². The van der Waals surface area contributed by atoms with Crippen LogP contribution in [0.15, 0.2) is 16.6 Å². The first kappa shape index (κ1) is 17.2. The molecule has 3 N–H and O–H groups in total. The number of nitrogens with zero attached hydrogens (tertiary/aromatic N) is 1. The third-order valence-corrected chi connectivity index (χ3v) is 4.29. The Morgan fingerprint density at radius 2 is 1.87 bits per heavy atom. The summed E-state index contributed by atoms with van der Waals surface area (Å²) in [6.07, 6.45) is 0.604. The van der Waals surface area contributed by atoms with Crippen LogP contribution in [0.2, 0.25) is 0 Å². The zero-order valence-corrected chi connectivity index (χ0v) is 14.8. The number of benzene rings is 1. The summed E-state index contributed by atoms with van der Waals surface area (Å²) in [5, 5.41) is 9.26. The number of H-pyrrole nitrogens is 1. The van der Waals surface area contributed by atoms with Gasteiger partial charge in [-0.3, -0.25) is 0 Å². The van der Waals surface area contributed by atoms with Gasteiger partial charge in [0.15, 0.2) is 11.5 Å². The number of aromatic nitrogens is 1. The Bertz CT molecular complexity index is 750. The van der Waals surface area contributed by atoms with Crippen molar-refractivity contribution in [2.75, 3.05) is 27.9 Å². The number of hydrogen-bond acceptors (Lipinski definition) is 5. The number of methoxy groups -OCH3 is 3. The lowest BCUT2D eigenvalue weighted by Gasteiger charge is -2.16. The van der Waals surface area contributed by atoms with Gasteiger partial charge in [-0.2, -0.15) is 5.26 Å². The van der Waals surface area contributed by atoms with Gasteiger partial charge in [0, 0.05) is 23.2 Å². The smallest absolute Gasteiger partial charge is 0.203 e. The first-order valence-corrected chi connectivity index (χ1v) is 7.72. The van der Waals surface area contributed by atoms with E-state index >= 15 is 0 Å². The highest BCUT2D eigenvalue weighted by molar-refractivity contribution is 9.10. The third-order valence-electron chi connectivity index (χ3n) is 3.50. The minimum atomic E-state index is 0.445. The normalized spacial score (nSPS) is 10.3. The molecule has 6 nitrogen and oxygen atoms in total. The number of halogens is 1. The second-order valence-electron chi connectivity index (χ2n) is 4.70. The van der Waals surface area contributed by atoms with Crippen molar-refractivity contribution in [1.29, 1.82) is 5.26 Å². The van der Waals surface area contributed by atoms with E-state index in [1.807, 2.05) is 6.07 Å². The van der Waals surface area contributed by atoms with E-state index in [-0.39, 0.29) is 0 Å². The van der Waals surface area contributed by atoms with Gasteiger partial charge < -0.3 is 24.9 Å². The maximum atomic E-state index is 9.26. The Balaban J connectivity index is 2.76. The predicted molar refractivity (Wildman–Crippen MR) is 91.1 cm³/mol. The second kappa shape index (κ2) is 7.40. The Morgan fingerprint density at radius 1 is 1.17 bits per heavy atom. The Hall–Kier alpha value is -2.17. The van der Waals surface area contributed by atoms with E-state index in [0.29, 0.717) is 40.4 Å². The Morgan fingerprint density at radius 3 is 2.39 bits per heavy atom. The molecular weight excluding hydrogens is 362 g/mol. The highest BCUT2D eigenvalue weighted by Gasteiger charge is 2.23. The molecule has 0 atom stereocenters. The van der Waals surface area contributed by atoms with Crippen LogP contribution in [0, 0.1) is 11.3 Å². The van der Waals surface area contributed by atoms with Gasteiger partial charge in [0.25, 0.3) is 0 Å². The monoisotopic (exact) mass is 379 g/mol. The van der Waals surface area contributed by atoms with Gasteiger partial charge in [0.2, 0.25) is 5.75 Å². The van der Waals surface area contributed by atoms with Crippen LogP contribution in [0.1, 0.15) is 11.4 Å². The topological polar surface area (TPSA) is 93.3 Å². The van der Waals surface area contributed by atoms with Crippen molar-refractivity contribution >= 4 is 15.9 Å². The van der Waals surface area contributed by atoms with Crippen LogP contribution in [0.3, 0.4) is 0 Å². The van der Waals surface area contributed by atoms with Gasteiger partial charge in [0.1, 0.15) is 11.8 Å². The summed E-state index contributed by atoms with van der Waals surface area (Å²) in [6, 6.07) is 5.80. The lowest BCUT2D eigenvalue weighted by Crippen LogP contribution is -2.04. The largest absolute Gasteiger partial charge is 0.493 e. The fraction of sp³-hybridized carbons (Fsp3) is 0.312. The maximum Gasteiger partial charge on any atom is 0.203 e. The van der Waals surface area contributed by atoms with E-state index in [0.717, 1.165) is 16.8 Å². The molecule has 0 radical (unpaired) electrons. The molecule has 1 heterocycles. The third kappa shape index (κ3) is 3.00. The van der Waals surface area contributed by atoms with Crippen molar-refractivity contribution in [1.82, 2.24) is 4.98 Å². The fourth-order valence-electron chi connectivity index (χ4n) is 2.51. The molecule has 7 heteroatoms. The molecule has 0 amide bonds. The average molecular weight is 380 g/mol. The molecule has 0 saturated heterocycles. The number of nitrogens with two attached hydrogens (primary N) is 1. The number of aromatic amines is 1. The number of rotatable bonds is 6. The zero-order valence-electron chi connectivity index (χ0n) is 13.2. The van der Waals surface area contributed by atoms with Crippen LogP contribution in [0.25, 0.3) is 11.1 Å². The highest BCUT2D eigenvalue weighted by atomic mass is 79.9. The summed E-state index contributed by atoms with van der Waals surface area (Å²) in [4.78, 5) is 3.10. The molecule has 0 unspecified atom stereocenters. The molecule has 1 aromatic carbocycles. The summed E-state index contributed by atoms with van der Waals surface area (Å²) in [6.45, 7) is 0.459. The van der Waals surface area contributed by atoms with E-state index in [9.17, 15) is 5.26 Å². The average Bonchev–Trinajstić information content (AvgIpc) is 2.89. The van der Waals surface area contributed by atoms with Crippen LogP contribution < -0.4 is 19.9 Å². The molecule has 0 spiro atoms. The van der Waals surface area contributed by atoms with Gasteiger partial charge in [-0.05, 0) is 34.6 Å². The highest BCUT2D eigenvalue weighted by Crippen LogP contribution is 2.47. The molecule has 0 aliphatic carbocycles. The van der Waals surface area contributed by atoms with Gasteiger partial charge in [-0.1, -0.05) is 0 Å². The summed E-state index contributed by atoms with van der Waals surface area (Å²) < 4.78 is 17.0. The van der Waals surface area contributed by atoms with Crippen LogP contribution in [0.5, 0.6) is 17.2 Å². The van der Waals surface area contributed by atoms with Crippen molar-refractivity contribution in [2.45, 2.75) is 6.42 Å². The standard InChI is InChI=1S/C16H18BrN3O3/c1-21-12-5-4-9(15(22-2)16(12)23-3)13-10(6-7-18)20-11(8-19)14(13)17/h4-5,20H,6-7,18H2,1-3H3. The Labute approximate surface area is 143 Å². The molecule has 0 aliphatic rings. The first-order chi connectivity index (χ1) is 11.1. The molecule has 122 valence electrons. The minimum absolute atomic E-state index is 0.445. The van der Waals surface area contributed by atoms with Crippen molar-refractivity contribution < 1.29 is 14.2 Å². The molecule has 0 bridgehead atoms. The summed E-state index contributed by atoms with van der Waals surface area (Å²) in [5.74, 6) is 1.60. The van der Waals surface area contributed by atoms with Crippen molar-refractivity contribution in [3.63, 3.8) is 0 Å². The van der Waals surface area contributed by atoms with E-state index in [1.54, 1.807) is 27.4 Å². The molecule has 0 fully saturated rings. The van der Waals surface area contributed by atoms with Crippen LogP contribution in [-0.4, -0.2) is 32.9 Å². The van der Waals surface area contributed by atoms with Gasteiger partial charge >= 0.3 is 0 Å². The van der Waals surface area contributed by atoms with Crippen LogP contribution in [0.4, 0.5) is 0 Å². The molecule has 0 saturated carbocycles. The lowest BCUT2D eigenvalue weighted by molar-refractivity contribution is 0.325. The minimum Gasteiger partial charge on any atom is -0.493 e. The molecular formula is C16H18BrN3O3. The summed E-state index contributed by atoms with van der Waals surface area (Å²) >= 11 is 3.49. The van der Waals surface area contributed by atoms with Gasteiger partial charge in [-0.25, -0.2) is 0 Å². The first-order valence-electron chi connectivity index (χ1n) is 6.92. The van der Waals surface area contributed by atoms with Gasteiger partial charge in [-0.15, -0.1) is 0 Å². The van der Waals surface area contributed by atoms with Crippen molar-refractivity contribution in [3.8, 4) is 34.4 Å².